The topological polar surface area (TPSA) is 98.2 Å². The summed E-state index contributed by atoms with van der Waals surface area (Å²) in [7, 11) is 0. The lowest BCUT2D eigenvalue weighted by atomic mass is 10.4. The Morgan fingerprint density at radius 3 is 3.07 bits per heavy atom. The minimum Gasteiger partial charge on any atom is -0.394 e. The van der Waals surface area contributed by atoms with Gasteiger partial charge in [0.25, 0.3) is 5.56 Å². The number of halogens is 1. The Morgan fingerprint density at radius 1 is 1.71 bits per heavy atom. The predicted octanol–water partition coefficient (Wildman–Crippen LogP) is -0.860. The van der Waals surface area contributed by atoms with Crippen molar-refractivity contribution in [3.05, 3.63) is 20.3 Å². The number of rotatable bonds is 4. The van der Waals surface area contributed by atoms with E-state index in [2.05, 4.69) is 15.3 Å². The summed E-state index contributed by atoms with van der Waals surface area (Å²) in [4.78, 5) is 17.4. The van der Waals surface area contributed by atoms with E-state index in [9.17, 15) is 4.79 Å². The molecular weight excluding hydrogens is 301 g/mol. The largest absolute Gasteiger partial charge is 0.394 e. The molecule has 4 N–H and O–H groups in total. The highest BCUT2D eigenvalue weighted by atomic mass is 127. The molecule has 0 radical (unpaired) electrons. The Morgan fingerprint density at radius 2 is 2.43 bits per heavy atom. The van der Waals surface area contributed by atoms with Crippen LogP contribution in [0.3, 0.4) is 0 Å². The van der Waals surface area contributed by atoms with Gasteiger partial charge in [-0.05, 0) is 22.6 Å². The average molecular weight is 311 g/mol. The van der Waals surface area contributed by atoms with Crippen molar-refractivity contribution < 1.29 is 10.2 Å². The second-order valence-electron chi connectivity index (χ2n) is 2.61. The lowest BCUT2D eigenvalue weighted by Gasteiger charge is -2.09. The van der Waals surface area contributed by atoms with Crippen LogP contribution in [0.4, 0.5) is 5.82 Å². The van der Waals surface area contributed by atoms with Gasteiger partial charge in [-0.25, -0.2) is 4.98 Å². The molecule has 1 aromatic rings. The highest BCUT2D eigenvalue weighted by Gasteiger charge is 2.06. The van der Waals surface area contributed by atoms with Gasteiger partial charge < -0.3 is 20.5 Å². The number of hydrogen-bond acceptors (Lipinski definition) is 5. The first-order valence-corrected chi connectivity index (χ1v) is 4.99. The van der Waals surface area contributed by atoms with Gasteiger partial charge in [-0.2, -0.15) is 0 Å². The number of anilines is 1. The Kier molecular flexibility index (Phi) is 4.29. The molecule has 6 nitrogen and oxygen atoms in total. The monoisotopic (exact) mass is 311 g/mol. The maximum absolute atomic E-state index is 11.1. The second kappa shape index (κ2) is 5.27. The maximum Gasteiger partial charge on any atom is 0.266 e. The van der Waals surface area contributed by atoms with Crippen molar-refractivity contribution in [2.45, 2.75) is 6.10 Å². The first kappa shape index (κ1) is 11.4. The molecule has 1 rings (SSSR count). The van der Waals surface area contributed by atoms with Crippen LogP contribution in [0.2, 0.25) is 0 Å². The molecule has 78 valence electrons. The molecule has 0 spiro atoms. The molecule has 1 unspecified atom stereocenters. The van der Waals surface area contributed by atoms with E-state index < -0.39 is 6.10 Å². The van der Waals surface area contributed by atoms with Crippen molar-refractivity contribution in [3.8, 4) is 0 Å². The van der Waals surface area contributed by atoms with Crippen molar-refractivity contribution in [1.29, 1.82) is 0 Å². The third kappa shape index (κ3) is 2.93. The van der Waals surface area contributed by atoms with Crippen molar-refractivity contribution in [1.82, 2.24) is 9.97 Å². The van der Waals surface area contributed by atoms with Crippen molar-refractivity contribution >= 4 is 28.4 Å². The summed E-state index contributed by atoms with van der Waals surface area (Å²) in [5.41, 5.74) is -0.235. The van der Waals surface area contributed by atoms with Gasteiger partial charge in [0.05, 0.1) is 19.0 Å². The van der Waals surface area contributed by atoms with E-state index in [4.69, 9.17) is 10.2 Å². The maximum atomic E-state index is 11.1. The van der Waals surface area contributed by atoms with E-state index in [0.29, 0.717) is 9.39 Å². The van der Waals surface area contributed by atoms with Crippen LogP contribution < -0.4 is 10.9 Å². The molecule has 1 heterocycles. The number of nitrogens with one attached hydrogen (secondary N) is 2. The van der Waals surface area contributed by atoms with Crippen LogP contribution in [0.5, 0.6) is 0 Å². The first-order chi connectivity index (χ1) is 6.65. The van der Waals surface area contributed by atoms with Crippen molar-refractivity contribution in [2.24, 2.45) is 0 Å². The SMILES string of the molecule is O=c1[nH]cnc(NCC(O)CO)c1I. The van der Waals surface area contributed by atoms with E-state index in [1.54, 1.807) is 0 Å². The number of nitrogens with zero attached hydrogens (tertiary/aromatic N) is 1. The number of hydrogen-bond donors (Lipinski definition) is 4. The number of aromatic nitrogens is 2. The smallest absolute Gasteiger partial charge is 0.266 e. The van der Waals surface area contributed by atoms with Crippen molar-refractivity contribution in [3.63, 3.8) is 0 Å². The zero-order valence-electron chi connectivity index (χ0n) is 7.20. The highest BCUT2D eigenvalue weighted by molar-refractivity contribution is 14.1. The molecule has 14 heavy (non-hydrogen) atoms. The minimum absolute atomic E-state index is 0.156. The van der Waals surface area contributed by atoms with Crippen LogP contribution >= 0.6 is 22.6 Å². The van der Waals surface area contributed by atoms with E-state index in [0.717, 1.165) is 0 Å². The van der Waals surface area contributed by atoms with Gasteiger partial charge >= 0.3 is 0 Å². The van der Waals surface area contributed by atoms with Gasteiger partial charge in [0, 0.05) is 6.54 Å². The van der Waals surface area contributed by atoms with E-state index in [1.165, 1.54) is 6.33 Å². The summed E-state index contributed by atoms with van der Waals surface area (Å²) in [6, 6.07) is 0. The molecular formula is C7H10IN3O3. The quantitative estimate of drug-likeness (QED) is 0.543. The normalized spacial score (nSPS) is 12.5. The number of aromatic amines is 1. The molecule has 0 aliphatic heterocycles. The van der Waals surface area contributed by atoms with Crippen LogP contribution in [-0.2, 0) is 0 Å². The highest BCUT2D eigenvalue weighted by Crippen LogP contribution is 2.08. The molecule has 7 heteroatoms. The molecule has 0 aliphatic rings. The van der Waals surface area contributed by atoms with Gasteiger partial charge in [-0.3, -0.25) is 4.79 Å². The summed E-state index contributed by atoms with van der Waals surface area (Å²) in [6.07, 6.45) is 0.421. The molecule has 0 saturated carbocycles. The van der Waals surface area contributed by atoms with Gasteiger partial charge in [-0.1, -0.05) is 0 Å². The average Bonchev–Trinajstić information content (AvgIpc) is 2.20. The summed E-state index contributed by atoms with van der Waals surface area (Å²) in [6.45, 7) is -0.171. The number of H-pyrrole nitrogens is 1. The van der Waals surface area contributed by atoms with Crippen LogP contribution in [0, 0.1) is 3.57 Å². The third-order valence-corrected chi connectivity index (χ3v) is 2.51. The first-order valence-electron chi connectivity index (χ1n) is 3.91. The molecule has 0 amide bonds. The lowest BCUT2D eigenvalue weighted by molar-refractivity contribution is 0.105. The van der Waals surface area contributed by atoms with Gasteiger partial charge in [0.1, 0.15) is 9.39 Å². The minimum atomic E-state index is -0.855. The van der Waals surface area contributed by atoms with Gasteiger partial charge in [-0.15, -0.1) is 0 Å². The summed E-state index contributed by atoms with van der Waals surface area (Å²) < 4.78 is 0.426. The molecule has 0 saturated heterocycles. The van der Waals surface area contributed by atoms with Crippen LogP contribution in [0.15, 0.2) is 11.1 Å². The van der Waals surface area contributed by atoms with Crippen LogP contribution in [0.1, 0.15) is 0 Å². The van der Waals surface area contributed by atoms with Gasteiger partial charge in [0.2, 0.25) is 0 Å². The molecule has 0 fully saturated rings. The van der Waals surface area contributed by atoms with Gasteiger partial charge in [0.15, 0.2) is 0 Å². The summed E-state index contributed by atoms with van der Waals surface area (Å²) in [5.74, 6) is 0.404. The summed E-state index contributed by atoms with van der Waals surface area (Å²) >= 11 is 1.85. The standard InChI is InChI=1S/C7H10IN3O3/c8-5-6(9-1-4(13)2-12)10-3-11-7(5)14/h3-4,12-13H,1-2H2,(H2,9,10,11,14). The molecule has 1 atom stereocenters. The fraction of sp³-hybridized carbons (Fsp3) is 0.429. The van der Waals surface area contributed by atoms with Crippen molar-refractivity contribution in [2.75, 3.05) is 18.5 Å². The fourth-order valence-electron chi connectivity index (χ4n) is 0.785. The van der Waals surface area contributed by atoms with E-state index in [1.807, 2.05) is 22.6 Å². The number of aliphatic hydroxyl groups excluding tert-OH is 2. The Balaban J connectivity index is 2.68. The van der Waals surface area contributed by atoms with E-state index in [-0.39, 0.29) is 18.7 Å². The zero-order chi connectivity index (χ0) is 10.6. The lowest BCUT2D eigenvalue weighted by Crippen LogP contribution is -2.25. The Bertz CT molecular complexity index is 354. The van der Waals surface area contributed by atoms with Crippen LogP contribution in [-0.4, -0.2) is 39.4 Å². The molecule has 0 bridgehead atoms. The number of aliphatic hydroxyl groups is 2. The Hall–Kier alpha value is -0.670. The summed E-state index contributed by atoms with van der Waals surface area (Å²) in [5, 5.41) is 20.4. The second-order valence-corrected chi connectivity index (χ2v) is 3.69. The van der Waals surface area contributed by atoms with E-state index >= 15 is 0 Å². The fourth-order valence-corrected chi connectivity index (χ4v) is 1.27. The molecule has 1 aromatic heterocycles. The van der Waals surface area contributed by atoms with Crippen LogP contribution in [0.25, 0.3) is 0 Å². The predicted molar refractivity (Wildman–Crippen MR) is 59.2 cm³/mol. The molecule has 0 aromatic carbocycles. The third-order valence-electron chi connectivity index (χ3n) is 1.51. The Labute approximate surface area is 93.5 Å². The zero-order valence-corrected chi connectivity index (χ0v) is 9.35. The molecule has 0 aliphatic carbocycles.